The van der Waals surface area contributed by atoms with E-state index in [1.54, 1.807) is 7.11 Å². The van der Waals surface area contributed by atoms with Crippen LogP contribution in [-0.4, -0.2) is 13.0 Å². The highest BCUT2D eigenvalue weighted by Gasteiger charge is 2.30. The van der Waals surface area contributed by atoms with Crippen molar-refractivity contribution in [3.05, 3.63) is 83.9 Å². The Hall–Kier alpha value is -3.07. The van der Waals surface area contributed by atoms with E-state index in [1.807, 2.05) is 42.2 Å². The van der Waals surface area contributed by atoms with Gasteiger partial charge >= 0.3 is 0 Å². The molecule has 0 aromatic heterocycles. The SMILES string of the molecule is COc1ccc(CN2C(=O)C(C)Cc3cc(-c4ccccc4)ccc32)cc1. The zero-order valence-corrected chi connectivity index (χ0v) is 15.7. The summed E-state index contributed by atoms with van der Waals surface area (Å²) in [6.07, 6.45) is 0.786. The molecule has 3 nitrogen and oxygen atoms in total. The summed E-state index contributed by atoms with van der Waals surface area (Å²) in [5.41, 5.74) is 5.74. The summed E-state index contributed by atoms with van der Waals surface area (Å²) in [4.78, 5) is 14.8. The molecule has 0 aliphatic carbocycles. The minimum absolute atomic E-state index is 0.0122. The third-order valence-electron chi connectivity index (χ3n) is 5.19. The van der Waals surface area contributed by atoms with Crippen LogP contribution in [0.3, 0.4) is 0 Å². The van der Waals surface area contributed by atoms with Gasteiger partial charge in [-0.15, -0.1) is 0 Å². The molecule has 3 aromatic carbocycles. The minimum Gasteiger partial charge on any atom is -0.497 e. The molecule has 3 heteroatoms. The van der Waals surface area contributed by atoms with Crippen LogP contribution in [0.4, 0.5) is 5.69 Å². The van der Waals surface area contributed by atoms with Gasteiger partial charge in [0.25, 0.3) is 0 Å². The first kappa shape index (κ1) is 17.3. The highest BCUT2D eigenvalue weighted by Crippen LogP contribution is 2.35. The van der Waals surface area contributed by atoms with E-state index in [2.05, 4.69) is 42.5 Å². The third kappa shape index (κ3) is 3.45. The number of rotatable bonds is 4. The molecule has 0 spiro atoms. The summed E-state index contributed by atoms with van der Waals surface area (Å²) >= 11 is 0. The molecule has 1 aliphatic rings. The second kappa shape index (κ2) is 7.28. The minimum atomic E-state index is -0.0122. The van der Waals surface area contributed by atoms with Crippen LogP contribution < -0.4 is 9.64 Å². The number of hydrogen-bond donors (Lipinski definition) is 0. The van der Waals surface area contributed by atoms with E-state index >= 15 is 0 Å². The number of ether oxygens (including phenoxy) is 1. The van der Waals surface area contributed by atoms with E-state index in [9.17, 15) is 4.79 Å². The van der Waals surface area contributed by atoms with Crippen molar-refractivity contribution in [3.63, 3.8) is 0 Å². The van der Waals surface area contributed by atoms with Gasteiger partial charge in [0.1, 0.15) is 5.75 Å². The molecule has 1 amide bonds. The molecule has 27 heavy (non-hydrogen) atoms. The van der Waals surface area contributed by atoms with Gasteiger partial charge in [-0.25, -0.2) is 0 Å². The molecule has 0 radical (unpaired) electrons. The predicted octanol–water partition coefficient (Wildman–Crippen LogP) is 5.09. The Morgan fingerprint density at radius 2 is 1.70 bits per heavy atom. The summed E-state index contributed by atoms with van der Waals surface area (Å²) in [6, 6.07) is 24.7. The Bertz CT molecular complexity index is 948. The molecule has 4 rings (SSSR count). The summed E-state index contributed by atoms with van der Waals surface area (Å²) in [6.45, 7) is 2.59. The summed E-state index contributed by atoms with van der Waals surface area (Å²) < 4.78 is 5.23. The maximum absolute atomic E-state index is 12.9. The summed E-state index contributed by atoms with van der Waals surface area (Å²) in [5, 5.41) is 0. The Balaban J connectivity index is 1.68. The van der Waals surface area contributed by atoms with Gasteiger partial charge in [0.05, 0.1) is 13.7 Å². The first-order valence-electron chi connectivity index (χ1n) is 9.28. The lowest BCUT2D eigenvalue weighted by molar-refractivity contribution is -0.122. The van der Waals surface area contributed by atoms with Crippen molar-refractivity contribution in [2.75, 3.05) is 12.0 Å². The van der Waals surface area contributed by atoms with Crippen LogP contribution in [0.5, 0.6) is 5.75 Å². The molecule has 0 fully saturated rings. The Morgan fingerprint density at radius 3 is 2.41 bits per heavy atom. The van der Waals surface area contributed by atoms with Gasteiger partial charge in [-0.3, -0.25) is 4.79 Å². The van der Waals surface area contributed by atoms with Gasteiger partial charge < -0.3 is 9.64 Å². The lowest BCUT2D eigenvalue weighted by Gasteiger charge is -2.33. The zero-order chi connectivity index (χ0) is 18.8. The maximum Gasteiger partial charge on any atom is 0.230 e. The van der Waals surface area contributed by atoms with Gasteiger partial charge in [0.15, 0.2) is 0 Å². The molecule has 0 bridgehead atoms. The van der Waals surface area contributed by atoms with Crippen LogP contribution in [0.25, 0.3) is 11.1 Å². The molecule has 1 unspecified atom stereocenters. The van der Waals surface area contributed by atoms with Crippen molar-refractivity contribution < 1.29 is 9.53 Å². The number of benzene rings is 3. The van der Waals surface area contributed by atoms with Crippen LogP contribution in [0, 0.1) is 5.92 Å². The molecule has 1 heterocycles. The monoisotopic (exact) mass is 357 g/mol. The zero-order valence-electron chi connectivity index (χ0n) is 15.7. The van der Waals surface area contributed by atoms with E-state index in [4.69, 9.17) is 4.74 Å². The van der Waals surface area contributed by atoms with Gasteiger partial charge in [-0.1, -0.05) is 55.5 Å². The van der Waals surface area contributed by atoms with E-state index in [1.165, 1.54) is 16.7 Å². The van der Waals surface area contributed by atoms with Gasteiger partial charge in [0.2, 0.25) is 5.91 Å². The standard InChI is InChI=1S/C24H23NO2/c1-17-14-21-15-20(19-6-4-3-5-7-19)10-13-23(21)25(24(17)26)16-18-8-11-22(27-2)12-9-18/h3-13,15,17H,14,16H2,1-2H3. The second-order valence-electron chi connectivity index (χ2n) is 7.09. The first-order chi connectivity index (χ1) is 13.2. The molecular weight excluding hydrogens is 334 g/mol. The Labute approximate surface area is 160 Å². The summed E-state index contributed by atoms with van der Waals surface area (Å²) in [7, 11) is 1.66. The van der Waals surface area contributed by atoms with Crippen LogP contribution in [0.15, 0.2) is 72.8 Å². The fraction of sp³-hybridized carbons (Fsp3) is 0.208. The fourth-order valence-corrected chi connectivity index (χ4v) is 3.70. The topological polar surface area (TPSA) is 29.5 Å². The van der Waals surface area contributed by atoms with Crippen LogP contribution >= 0.6 is 0 Å². The van der Waals surface area contributed by atoms with Crippen molar-refractivity contribution in [2.24, 2.45) is 5.92 Å². The average molecular weight is 357 g/mol. The second-order valence-corrected chi connectivity index (χ2v) is 7.09. The normalized spacial score (nSPS) is 16.1. The summed E-state index contributed by atoms with van der Waals surface area (Å²) in [5.74, 6) is 0.998. The number of fused-ring (bicyclic) bond motifs is 1. The van der Waals surface area contributed by atoms with Gasteiger partial charge in [0, 0.05) is 11.6 Å². The molecule has 0 saturated heterocycles. The third-order valence-corrected chi connectivity index (χ3v) is 5.19. The lowest BCUT2D eigenvalue weighted by Crippen LogP contribution is -2.39. The van der Waals surface area contributed by atoms with E-state index in [0.29, 0.717) is 6.54 Å². The number of hydrogen-bond acceptors (Lipinski definition) is 2. The lowest BCUT2D eigenvalue weighted by atomic mass is 9.90. The first-order valence-corrected chi connectivity index (χ1v) is 9.28. The maximum atomic E-state index is 12.9. The van der Waals surface area contributed by atoms with Gasteiger partial charge in [-0.2, -0.15) is 0 Å². The molecule has 1 atom stereocenters. The van der Waals surface area contributed by atoms with Crippen molar-refractivity contribution in [3.8, 4) is 16.9 Å². The molecule has 136 valence electrons. The largest absolute Gasteiger partial charge is 0.497 e. The number of methoxy groups -OCH3 is 1. The predicted molar refractivity (Wildman–Crippen MR) is 109 cm³/mol. The Morgan fingerprint density at radius 1 is 0.963 bits per heavy atom. The highest BCUT2D eigenvalue weighted by molar-refractivity contribution is 5.98. The molecule has 0 N–H and O–H groups in total. The Kier molecular flexibility index (Phi) is 4.68. The number of carbonyl (C=O) groups is 1. The smallest absolute Gasteiger partial charge is 0.230 e. The van der Waals surface area contributed by atoms with E-state index in [0.717, 1.165) is 23.4 Å². The van der Waals surface area contributed by atoms with Crippen LogP contribution in [-0.2, 0) is 17.8 Å². The highest BCUT2D eigenvalue weighted by atomic mass is 16.5. The molecule has 0 saturated carbocycles. The molecular formula is C24H23NO2. The van der Waals surface area contributed by atoms with Crippen LogP contribution in [0.2, 0.25) is 0 Å². The quantitative estimate of drug-likeness (QED) is 0.651. The molecule has 1 aliphatic heterocycles. The average Bonchev–Trinajstić information content (AvgIpc) is 2.72. The fourth-order valence-electron chi connectivity index (χ4n) is 3.70. The van der Waals surface area contributed by atoms with Gasteiger partial charge in [-0.05, 0) is 52.9 Å². The van der Waals surface area contributed by atoms with Crippen molar-refractivity contribution in [1.29, 1.82) is 0 Å². The number of amides is 1. The van der Waals surface area contributed by atoms with Crippen molar-refractivity contribution in [1.82, 2.24) is 0 Å². The number of nitrogens with zero attached hydrogens (tertiary/aromatic N) is 1. The number of carbonyl (C=O) groups excluding carboxylic acids is 1. The van der Waals surface area contributed by atoms with E-state index in [-0.39, 0.29) is 11.8 Å². The van der Waals surface area contributed by atoms with Crippen molar-refractivity contribution in [2.45, 2.75) is 19.9 Å². The van der Waals surface area contributed by atoms with Crippen molar-refractivity contribution >= 4 is 11.6 Å². The number of anilines is 1. The van der Waals surface area contributed by atoms with E-state index < -0.39 is 0 Å². The molecule has 3 aromatic rings. The van der Waals surface area contributed by atoms with Crippen LogP contribution in [0.1, 0.15) is 18.1 Å².